The van der Waals surface area contributed by atoms with Crippen LogP contribution in [0.3, 0.4) is 0 Å². The van der Waals surface area contributed by atoms with Crippen molar-refractivity contribution in [2.24, 2.45) is 5.73 Å². The van der Waals surface area contributed by atoms with Gasteiger partial charge in [0.2, 0.25) is 5.91 Å². The summed E-state index contributed by atoms with van der Waals surface area (Å²) < 4.78 is 5.47. The average molecular weight is 363 g/mol. The molecule has 0 bridgehead atoms. The molecule has 3 amide bonds. The molecule has 2 aromatic carbocycles. The van der Waals surface area contributed by atoms with E-state index < -0.39 is 11.8 Å². The highest BCUT2D eigenvalue weighted by Crippen LogP contribution is 2.13. The second-order valence-electron chi connectivity index (χ2n) is 5.71. The number of carbonyl (C=O) groups excluding carboxylic acids is 3. The molecule has 0 radical (unpaired) electrons. The monoisotopic (exact) mass is 363 g/mol. The van der Waals surface area contributed by atoms with Gasteiger partial charge in [-0.05, 0) is 48.5 Å². The summed E-state index contributed by atoms with van der Waals surface area (Å²) in [6.07, 6.45) is 0. The van der Waals surface area contributed by atoms with Gasteiger partial charge in [0.25, 0.3) is 11.8 Å². The van der Waals surface area contributed by atoms with Crippen molar-refractivity contribution in [3.8, 4) is 0 Å². The molecule has 0 saturated carbocycles. The first-order valence-corrected chi connectivity index (χ1v) is 8.16. The number of nitrogens with two attached hydrogens (primary N) is 1. The van der Waals surface area contributed by atoms with Crippen LogP contribution in [0, 0.1) is 0 Å². The van der Waals surface area contributed by atoms with Gasteiger partial charge in [0, 0.05) is 16.8 Å². The highest BCUT2D eigenvalue weighted by molar-refractivity contribution is 6.02. The Morgan fingerprint density at radius 1 is 0.815 bits per heavy atom. The minimum Gasteiger partial charge on any atom is -0.454 e. The van der Waals surface area contributed by atoms with Gasteiger partial charge in [-0.2, -0.15) is 0 Å². The second kappa shape index (κ2) is 8.01. The standard InChI is InChI=1S/C20H17N3O4/c21-18(24)13-6-8-15(9-7-13)23-20(26)17-11-10-16(27-17)12-22-19(25)14-4-2-1-3-5-14/h1-11H,12H2,(H2,21,24)(H,22,25)(H,23,26). The average Bonchev–Trinajstić information content (AvgIpc) is 3.16. The predicted octanol–water partition coefficient (Wildman–Crippen LogP) is 2.56. The molecule has 1 heterocycles. The van der Waals surface area contributed by atoms with Gasteiger partial charge in [-0.3, -0.25) is 14.4 Å². The number of amides is 3. The number of anilines is 1. The summed E-state index contributed by atoms with van der Waals surface area (Å²) in [7, 11) is 0. The van der Waals surface area contributed by atoms with Crippen molar-refractivity contribution in [3.63, 3.8) is 0 Å². The highest BCUT2D eigenvalue weighted by Gasteiger charge is 2.13. The Kier molecular flexibility index (Phi) is 5.32. The Hall–Kier alpha value is -3.87. The van der Waals surface area contributed by atoms with Crippen LogP contribution < -0.4 is 16.4 Å². The van der Waals surface area contributed by atoms with E-state index >= 15 is 0 Å². The van der Waals surface area contributed by atoms with Crippen LogP contribution in [0.25, 0.3) is 0 Å². The number of hydrogen-bond donors (Lipinski definition) is 3. The van der Waals surface area contributed by atoms with Crippen LogP contribution in [0.1, 0.15) is 37.0 Å². The van der Waals surface area contributed by atoms with E-state index in [0.29, 0.717) is 22.6 Å². The maximum absolute atomic E-state index is 12.2. The molecule has 3 rings (SSSR count). The molecule has 0 fully saturated rings. The van der Waals surface area contributed by atoms with Gasteiger partial charge >= 0.3 is 0 Å². The third-order valence-electron chi connectivity index (χ3n) is 3.77. The summed E-state index contributed by atoms with van der Waals surface area (Å²) >= 11 is 0. The Morgan fingerprint density at radius 2 is 1.52 bits per heavy atom. The molecule has 0 unspecified atom stereocenters. The lowest BCUT2D eigenvalue weighted by Crippen LogP contribution is -2.22. The Balaban J connectivity index is 1.57. The van der Waals surface area contributed by atoms with E-state index in [1.165, 1.54) is 18.2 Å². The topological polar surface area (TPSA) is 114 Å². The molecule has 1 aromatic heterocycles. The predicted molar refractivity (Wildman–Crippen MR) is 99.2 cm³/mol. The lowest BCUT2D eigenvalue weighted by Gasteiger charge is -2.04. The molecule has 0 aliphatic rings. The van der Waals surface area contributed by atoms with Crippen LogP contribution in [0.5, 0.6) is 0 Å². The number of furan rings is 1. The summed E-state index contributed by atoms with van der Waals surface area (Å²) in [6, 6.07) is 18.1. The molecule has 3 aromatic rings. The number of hydrogen-bond acceptors (Lipinski definition) is 4. The molecule has 4 N–H and O–H groups in total. The summed E-state index contributed by atoms with van der Waals surface area (Å²) in [5.74, 6) is -0.650. The fraction of sp³-hybridized carbons (Fsp3) is 0.0500. The van der Waals surface area contributed by atoms with E-state index in [1.807, 2.05) is 6.07 Å². The lowest BCUT2D eigenvalue weighted by molar-refractivity contribution is 0.0946. The van der Waals surface area contributed by atoms with Gasteiger partial charge in [-0.15, -0.1) is 0 Å². The smallest absolute Gasteiger partial charge is 0.291 e. The van der Waals surface area contributed by atoms with Crippen molar-refractivity contribution >= 4 is 23.4 Å². The molecule has 0 aliphatic carbocycles. The van der Waals surface area contributed by atoms with E-state index in [1.54, 1.807) is 42.5 Å². The number of rotatable bonds is 6. The molecule has 136 valence electrons. The third-order valence-corrected chi connectivity index (χ3v) is 3.77. The molecule has 27 heavy (non-hydrogen) atoms. The van der Waals surface area contributed by atoms with Crippen molar-refractivity contribution in [1.82, 2.24) is 5.32 Å². The van der Waals surface area contributed by atoms with E-state index in [0.717, 1.165) is 0 Å². The Labute approximate surface area is 155 Å². The van der Waals surface area contributed by atoms with Gasteiger partial charge in [0.05, 0.1) is 6.54 Å². The van der Waals surface area contributed by atoms with Gasteiger partial charge in [-0.25, -0.2) is 0 Å². The van der Waals surface area contributed by atoms with Crippen molar-refractivity contribution < 1.29 is 18.8 Å². The minimum atomic E-state index is -0.541. The quantitative estimate of drug-likeness (QED) is 0.624. The van der Waals surface area contributed by atoms with Crippen molar-refractivity contribution in [2.45, 2.75) is 6.54 Å². The summed E-state index contributed by atoms with van der Waals surface area (Å²) in [6.45, 7) is 0.161. The number of primary amides is 1. The zero-order valence-corrected chi connectivity index (χ0v) is 14.3. The number of carbonyl (C=O) groups is 3. The molecule has 0 spiro atoms. The molecule has 7 nitrogen and oxygen atoms in total. The summed E-state index contributed by atoms with van der Waals surface area (Å²) in [5, 5.41) is 5.38. The largest absolute Gasteiger partial charge is 0.454 e. The van der Waals surface area contributed by atoms with Gasteiger partial charge in [-0.1, -0.05) is 18.2 Å². The van der Waals surface area contributed by atoms with Crippen LogP contribution in [0.4, 0.5) is 5.69 Å². The van der Waals surface area contributed by atoms with Crippen LogP contribution in [0.15, 0.2) is 71.1 Å². The van der Waals surface area contributed by atoms with Crippen molar-refractivity contribution in [2.75, 3.05) is 5.32 Å². The molecule has 7 heteroatoms. The van der Waals surface area contributed by atoms with Gasteiger partial charge in [0.15, 0.2) is 5.76 Å². The zero-order valence-electron chi connectivity index (χ0n) is 14.3. The van der Waals surface area contributed by atoms with E-state index in [4.69, 9.17) is 10.2 Å². The van der Waals surface area contributed by atoms with Crippen LogP contribution in [-0.2, 0) is 6.54 Å². The van der Waals surface area contributed by atoms with Crippen molar-refractivity contribution in [1.29, 1.82) is 0 Å². The van der Waals surface area contributed by atoms with E-state index in [-0.39, 0.29) is 18.2 Å². The maximum Gasteiger partial charge on any atom is 0.291 e. The van der Waals surface area contributed by atoms with Crippen molar-refractivity contribution in [3.05, 3.63) is 89.4 Å². The maximum atomic E-state index is 12.2. The minimum absolute atomic E-state index is 0.109. The fourth-order valence-electron chi connectivity index (χ4n) is 2.36. The summed E-state index contributed by atoms with van der Waals surface area (Å²) in [5.41, 5.74) is 6.57. The summed E-state index contributed by atoms with van der Waals surface area (Å²) in [4.78, 5) is 35.3. The molecule has 0 atom stereocenters. The fourth-order valence-corrected chi connectivity index (χ4v) is 2.36. The first-order valence-electron chi connectivity index (χ1n) is 8.16. The van der Waals surface area contributed by atoms with Gasteiger partial charge < -0.3 is 20.8 Å². The Morgan fingerprint density at radius 3 is 2.19 bits per heavy atom. The van der Waals surface area contributed by atoms with E-state index in [2.05, 4.69) is 10.6 Å². The molecule has 0 saturated heterocycles. The van der Waals surface area contributed by atoms with Crippen LogP contribution >= 0.6 is 0 Å². The Bertz CT molecular complexity index is 962. The SMILES string of the molecule is NC(=O)c1ccc(NC(=O)c2ccc(CNC(=O)c3ccccc3)o2)cc1. The van der Waals surface area contributed by atoms with Gasteiger partial charge in [0.1, 0.15) is 5.76 Å². The first kappa shape index (κ1) is 17.9. The number of benzene rings is 2. The van der Waals surface area contributed by atoms with Crippen LogP contribution in [0.2, 0.25) is 0 Å². The number of nitrogens with one attached hydrogen (secondary N) is 2. The lowest BCUT2D eigenvalue weighted by atomic mass is 10.2. The van der Waals surface area contributed by atoms with E-state index in [9.17, 15) is 14.4 Å². The first-order chi connectivity index (χ1) is 13.0. The molecule has 0 aliphatic heterocycles. The highest BCUT2D eigenvalue weighted by atomic mass is 16.4. The van der Waals surface area contributed by atoms with Crippen LogP contribution in [-0.4, -0.2) is 17.7 Å². The zero-order chi connectivity index (χ0) is 19.2. The third kappa shape index (κ3) is 4.60. The second-order valence-corrected chi connectivity index (χ2v) is 5.71. The molecular weight excluding hydrogens is 346 g/mol. The molecular formula is C20H17N3O4. The normalized spacial score (nSPS) is 10.2.